The van der Waals surface area contributed by atoms with E-state index < -0.39 is 12.0 Å². The summed E-state index contributed by atoms with van der Waals surface area (Å²) in [5, 5.41) is 10.5. The van der Waals surface area contributed by atoms with Gasteiger partial charge in [-0.2, -0.15) is 0 Å². The highest BCUT2D eigenvalue weighted by molar-refractivity contribution is 8.08. The topological polar surface area (TPSA) is 104 Å². The van der Waals surface area contributed by atoms with Crippen molar-refractivity contribution in [1.82, 2.24) is 9.80 Å². The zero-order valence-corrected chi connectivity index (χ0v) is 13.1. The normalized spacial score (nSPS) is 24.9. The van der Waals surface area contributed by atoms with Gasteiger partial charge in [-0.15, -0.1) is 11.8 Å². The minimum Gasteiger partial charge on any atom is -0.477 e. The highest BCUT2D eigenvalue weighted by atomic mass is 32.2. The van der Waals surface area contributed by atoms with E-state index in [0.29, 0.717) is 10.7 Å². The van der Waals surface area contributed by atoms with Crippen molar-refractivity contribution in [3.8, 4) is 0 Å². The van der Waals surface area contributed by atoms with Crippen LogP contribution in [0.4, 0.5) is 0 Å². The second-order valence-electron chi connectivity index (χ2n) is 4.67. The van der Waals surface area contributed by atoms with Crippen LogP contribution in [0, 0.1) is 0 Å². The number of hydrogen-bond donors (Lipinski definition) is 2. The van der Waals surface area contributed by atoms with E-state index in [-0.39, 0.29) is 22.9 Å². The molecule has 0 aliphatic carbocycles. The van der Waals surface area contributed by atoms with Crippen molar-refractivity contribution < 1.29 is 19.5 Å². The summed E-state index contributed by atoms with van der Waals surface area (Å²) in [7, 11) is 3.25. The minimum absolute atomic E-state index is 0.0302. The zero-order chi connectivity index (χ0) is 15.7. The number of carbonyl (C=O) groups is 3. The third kappa shape index (κ3) is 2.94. The van der Waals surface area contributed by atoms with Crippen LogP contribution in [0.2, 0.25) is 0 Å². The lowest BCUT2D eigenvalue weighted by atomic mass is 10.1. The van der Waals surface area contributed by atoms with Gasteiger partial charge in [-0.1, -0.05) is 11.8 Å². The molecule has 0 unspecified atom stereocenters. The molecule has 0 saturated carbocycles. The first kappa shape index (κ1) is 15.9. The number of aliphatic carboxylic acids is 1. The van der Waals surface area contributed by atoms with Crippen molar-refractivity contribution >= 4 is 41.3 Å². The van der Waals surface area contributed by atoms with E-state index in [4.69, 9.17) is 5.73 Å². The van der Waals surface area contributed by atoms with Crippen LogP contribution in [0.5, 0.6) is 0 Å². The van der Waals surface area contributed by atoms with Gasteiger partial charge in [0.1, 0.15) is 17.1 Å². The molecule has 0 aromatic heterocycles. The highest BCUT2D eigenvalue weighted by Gasteiger charge is 2.51. The molecular weight excluding hydrogens is 314 g/mol. The molecule has 9 heteroatoms. The lowest BCUT2D eigenvalue weighted by Crippen LogP contribution is -2.68. The third-order valence-corrected chi connectivity index (χ3v) is 5.42. The zero-order valence-electron chi connectivity index (χ0n) is 11.5. The molecule has 2 amide bonds. The van der Waals surface area contributed by atoms with Gasteiger partial charge in [-0.3, -0.25) is 14.5 Å². The van der Waals surface area contributed by atoms with E-state index in [1.54, 1.807) is 14.1 Å². The van der Waals surface area contributed by atoms with Crippen LogP contribution in [-0.4, -0.2) is 64.0 Å². The van der Waals surface area contributed by atoms with Crippen LogP contribution in [0.25, 0.3) is 0 Å². The molecule has 0 aromatic carbocycles. The molecule has 7 nitrogen and oxygen atoms in total. The Morgan fingerprint density at radius 2 is 2.19 bits per heavy atom. The second-order valence-corrected chi connectivity index (χ2v) is 6.77. The van der Waals surface area contributed by atoms with Crippen molar-refractivity contribution in [2.24, 2.45) is 5.73 Å². The van der Waals surface area contributed by atoms with E-state index in [9.17, 15) is 19.5 Å². The Morgan fingerprint density at radius 1 is 1.52 bits per heavy atom. The fourth-order valence-corrected chi connectivity index (χ4v) is 4.16. The summed E-state index contributed by atoms with van der Waals surface area (Å²) < 4.78 is 0. The molecule has 0 bridgehead atoms. The number of thioether (sulfide) groups is 2. The smallest absolute Gasteiger partial charge is 0.353 e. The lowest BCUT2D eigenvalue weighted by molar-refractivity contribution is -0.147. The third-order valence-electron chi connectivity index (χ3n) is 3.04. The number of carboxylic acids is 1. The van der Waals surface area contributed by atoms with E-state index in [2.05, 4.69) is 0 Å². The van der Waals surface area contributed by atoms with Gasteiger partial charge in [0.25, 0.3) is 0 Å². The molecule has 21 heavy (non-hydrogen) atoms. The molecule has 114 valence electrons. The highest BCUT2D eigenvalue weighted by Crippen LogP contribution is 2.42. The van der Waals surface area contributed by atoms with Crippen LogP contribution in [0.3, 0.4) is 0 Å². The Balaban J connectivity index is 2.18. The first-order chi connectivity index (χ1) is 9.84. The lowest BCUT2D eigenvalue weighted by Gasteiger charge is -2.47. The van der Waals surface area contributed by atoms with Crippen LogP contribution in [-0.2, 0) is 14.4 Å². The molecule has 2 aliphatic rings. The van der Waals surface area contributed by atoms with Crippen LogP contribution in [0.1, 0.15) is 0 Å². The predicted molar refractivity (Wildman–Crippen MR) is 81.2 cm³/mol. The first-order valence-electron chi connectivity index (χ1n) is 6.05. The molecule has 2 heterocycles. The van der Waals surface area contributed by atoms with Gasteiger partial charge in [0.15, 0.2) is 0 Å². The standard InChI is InChI=1S/C12H15N3O4S2/c1-14(2)7(16)3-4-20-6-5-21-11-8(13)10(17)15(11)9(6)12(18)19/h3-4,8,11H,5,13H2,1-2H3,(H,18,19)/t8-,11+/m1/s1. The first-order valence-corrected chi connectivity index (χ1v) is 7.98. The van der Waals surface area contributed by atoms with Crippen molar-refractivity contribution in [3.63, 3.8) is 0 Å². The van der Waals surface area contributed by atoms with Crippen molar-refractivity contribution in [3.05, 3.63) is 22.1 Å². The Bertz CT molecular complexity index is 559. The number of amides is 2. The van der Waals surface area contributed by atoms with Gasteiger partial charge >= 0.3 is 5.97 Å². The molecule has 3 N–H and O–H groups in total. The maximum Gasteiger partial charge on any atom is 0.353 e. The molecule has 2 aliphatic heterocycles. The molecule has 0 spiro atoms. The predicted octanol–water partition coefficient (Wildman–Crippen LogP) is -0.140. The van der Waals surface area contributed by atoms with E-state index in [1.165, 1.54) is 33.0 Å². The van der Waals surface area contributed by atoms with Crippen molar-refractivity contribution in [2.75, 3.05) is 19.8 Å². The number of hydrogen-bond acceptors (Lipinski definition) is 6. The van der Waals surface area contributed by atoms with Gasteiger partial charge in [0, 0.05) is 30.8 Å². The Labute approximate surface area is 130 Å². The van der Waals surface area contributed by atoms with E-state index in [1.807, 2.05) is 0 Å². The maximum absolute atomic E-state index is 11.7. The number of fused-ring (bicyclic) bond motifs is 1. The largest absolute Gasteiger partial charge is 0.477 e. The fraction of sp³-hybridized carbons (Fsp3) is 0.417. The number of β-lactam (4-membered cyclic amide) rings is 1. The van der Waals surface area contributed by atoms with Gasteiger partial charge in [0.2, 0.25) is 11.8 Å². The van der Waals surface area contributed by atoms with E-state index in [0.717, 1.165) is 11.8 Å². The Kier molecular flexibility index (Phi) is 4.64. The number of carboxylic acid groups (broad SMARTS) is 1. The summed E-state index contributed by atoms with van der Waals surface area (Å²) >= 11 is 2.57. The maximum atomic E-state index is 11.7. The molecular formula is C12H15N3O4S2. The summed E-state index contributed by atoms with van der Waals surface area (Å²) in [6, 6.07) is -0.637. The number of rotatable bonds is 4. The molecule has 1 saturated heterocycles. The number of nitrogens with two attached hydrogens (primary N) is 1. The SMILES string of the molecule is CN(C)C(=O)C=CSC1=C(C(=O)O)N2C(=O)[C@@H](N)[C@@H]2SC1. The van der Waals surface area contributed by atoms with Crippen LogP contribution < -0.4 is 5.73 Å². The van der Waals surface area contributed by atoms with Crippen LogP contribution in [0.15, 0.2) is 22.1 Å². The van der Waals surface area contributed by atoms with Crippen molar-refractivity contribution in [2.45, 2.75) is 11.4 Å². The average Bonchev–Trinajstić information content (AvgIpc) is 2.45. The monoisotopic (exact) mass is 329 g/mol. The second kappa shape index (κ2) is 6.12. The summed E-state index contributed by atoms with van der Waals surface area (Å²) in [4.78, 5) is 37.7. The van der Waals surface area contributed by atoms with Gasteiger partial charge < -0.3 is 15.7 Å². The summed E-state index contributed by atoms with van der Waals surface area (Å²) in [5.41, 5.74) is 5.63. The Hall–Kier alpha value is -1.45. The molecule has 0 aromatic rings. The van der Waals surface area contributed by atoms with E-state index >= 15 is 0 Å². The van der Waals surface area contributed by atoms with Gasteiger partial charge in [-0.25, -0.2) is 4.79 Å². The quantitative estimate of drug-likeness (QED) is 0.546. The van der Waals surface area contributed by atoms with Crippen LogP contribution >= 0.6 is 23.5 Å². The number of likely N-dealkylation sites (N-methyl/N-ethyl adjacent to an activating group) is 1. The fourth-order valence-electron chi connectivity index (χ4n) is 1.90. The van der Waals surface area contributed by atoms with Crippen molar-refractivity contribution in [1.29, 1.82) is 0 Å². The minimum atomic E-state index is -1.16. The Morgan fingerprint density at radius 3 is 2.76 bits per heavy atom. The van der Waals surface area contributed by atoms with Gasteiger partial charge in [-0.05, 0) is 5.41 Å². The summed E-state index contributed by atoms with van der Waals surface area (Å²) in [6.45, 7) is 0. The van der Waals surface area contributed by atoms with Gasteiger partial charge in [0.05, 0.1) is 0 Å². The molecule has 2 atom stereocenters. The average molecular weight is 329 g/mol. The molecule has 0 radical (unpaired) electrons. The number of nitrogens with zero attached hydrogens (tertiary/aromatic N) is 2. The molecule has 2 rings (SSSR count). The number of carbonyl (C=O) groups excluding carboxylic acids is 2. The summed E-state index contributed by atoms with van der Waals surface area (Å²) in [5.74, 6) is -1.27. The molecule has 1 fully saturated rings. The summed E-state index contributed by atoms with van der Waals surface area (Å²) in [6.07, 6.45) is 1.36.